The lowest BCUT2D eigenvalue weighted by Gasteiger charge is -2.07. The molecule has 1 rings (SSSR count). The fourth-order valence-corrected chi connectivity index (χ4v) is 2.54. The molecule has 0 aliphatic heterocycles. The van der Waals surface area contributed by atoms with Crippen LogP contribution in [0.25, 0.3) is 0 Å². The molecule has 15 heavy (non-hydrogen) atoms. The van der Waals surface area contributed by atoms with Crippen LogP contribution in [-0.4, -0.2) is 15.0 Å². The Morgan fingerprint density at radius 3 is 2.67 bits per heavy atom. The molecular weight excluding hydrogens is 212 g/mol. The van der Waals surface area contributed by atoms with Gasteiger partial charge in [0.25, 0.3) is 0 Å². The molecule has 1 aromatic rings. The van der Waals surface area contributed by atoms with Crippen molar-refractivity contribution in [3.63, 3.8) is 0 Å². The van der Waals surface area contributed by atoms with Gasteiger partial charge in [-0.1, -0.05) is 13.0 Å². The summed E-state index contributed by atoms with van der Waals surface area (Å²) in [6.45, 7) is 3.74. The molecule has 1 N–H and O–H groups in total. The van der Waals surface area contributed by atoms with Gasteiger partial charge in [-0.3, -0.25) is 0 Å². The van der Waals surface area contributed by atoms with Gasteiger partial charge in [0, 0.05) is 6.54 Å². The van der Waals surface area contributed by atoms with E-state index in [2.05, 4.69) is 4.72 Å². The Labute approximate surface area is 89.6 Å². The largest absolute Gasteiger partial charge is 0.240 e. The normalized spacial score (nSPS) is 11.0. The molecule has 1 aromatic carbocycles. The molecule has 0 aliphatic carbocycles. The molecule has 0 aliphatic rings. The Hall–Kier alpha value is -1.38. The van der Waals surface area contributed by atoms with Crippen LogP contribution in [-0.2, 0) is 10.0 Å². The lowest BCUT2D eigenvalue weighted by atomic mass is 10.2. The van der Waals surface area contributed by atoms with Gasteiger partial charge >= 0.3 is 0 Å². The molecule has 0 spiro atoms. The number of hydrogen-bond donors (Lipinski definition) is 1. The zero-order chi connectivity index (χ0) is 11.5. The van der Waals surface area contributed by atoms with Crippen LogP contribution in [0.2, 0.25) is 0 Å². The van der Waals surface area contributed by atoms with E-state index in [1.807, 2.05) is 6.07 Å². The predicted octanol–water partition coefficient (Wildman–Crippen LogP) is 1.16. The summed E-state index contributed by atoms with van der Waals surface area (Å²) in [6, 6.07) is 6.52. The second-order valence-electron chi connectivity index (χ2n) is 3.09. The number of nitrogens with zero attached hydrogens (tertiary/aromatic N) is 1. The van der Waals surface area contributed by atoms with Crippen LogP contribution >= 0.6 is 0 Å². The fraction of sp³-hybridized carbons (Fsp3) is 0.300. The van der Waals surface area contributed by atoms with Gasteiger partial charge < -0.3 is 0 Å². The second kappa shape index (κ2) is 4.43. The molecule has 0 atom stereocenters. The minimum absolute atomic E-state index is 0.170. The van der Waals surface area contributed by atoms with E-state index in [-0.39, 0.29) is 4.90 Å². The van der Waals surface area contributed by atoms with Gasteiger partial charge in [0.15, 0.2) is 0 Å². The number of rotatable bonds is 3. The number of benzene rings is 1. The lowest BCUT2D eigenvalue weighted by molar-refractivity contribution is 0.583. The van der Waals surface area contributed by atoms with E-state index in [1.165, 1.54) is 6.07 Å². The average Bonchev–Trinajstić information content (AvgIpc) is 2.18. The number of aryl methyl sites for hydroxylation is 1. The maximum atomic E-state index is 11.7. The molecule has 0 aromatic heterocycles. The van der Waals surface area contributed by atoms with E-state index in [0.717, 1.165) is 0 Å². The van der Waals surface area contributed by atoms with Crippen molar-refractivity contribution in [2.45, 2.75) is 18.7 Å². The molecule has 5 heteroatoms. The number of hydrogen-bond acceptors (Lipinski definition) is 3. The Morgan fingerprint density at radius 2 is 2.13 bits per heavy atom. The van der Waals surface area contributed by atoms with Crippen LogP contribution in [0.3, 0.4) is 0 Å². The Morgan fingerprint density at radius 1 is 1.47 bits per heavy atom. The average molecular weight is 224 g/mol. The highest BCUT2D eigenvalue weighted by molar-refractivity contribution is 7.89. The van der Waals surface area contributed by atoms with Gasteiger partial charge in [0.2, 0.25) is 10.0 Å². The molecule has 0 heterocycles. The van der Waals surface area contributed by atoms with E-state index in [4.69, 9.17) is 5.26 Å². The first-order valence-electron chi connectivity index (χ1n) is 4.51. The maximum Gasteiger partial charge on any atom is 0.240 e. The van der Waals surface area contributed by atoms with Crippen molar-refractivity contribution in [3.8, 4) is 6.07 Å². The number of sulfonamides is 1. The van der Waals surface area contributed by atoms with Crippen LogP contribution in [0.4, 0.5) is 0 Å². The molecule has 0 unspecified atom stereocenters. The zero-order valence-electron chi connectivity index (χ0n) is 8.61. The van der Waals surface area contributed by atoms with Crippen molar-refractivity contribution < 1.29 is 8.42 Å². The van der Waals surface area contributed by atoms with Crippen LogP contribution in [0.1, 0.15) is 18.1 Å². The van der Waals surface area contributed by atoms with E-state index in [0.29, 0.717) is 17.7 Å². The summed E-state index contributed by atoms with van der Waals surface area (Å²) in [6.07, 6.45) is 0. The number of nitriles is 1. The Kier molecular flexibility index (Phi) is 3.45. The van der Waals surface area contributed by atoms with Gasteiger partial charge in [0.05, 0.1) is 16.5 Å². The minimum atomic E-state index is -3.47. The molecule has 0 fully saturated rings. The first-order valence-corrected chi connectivity index (χ1v) is 6.00. The van der Waals surface area contributed by atoms with Gasteiger partial charge in [-0.2, -0.15) is 5.26 Å². The summed E-state index contributed by atoms with van der Waals surface area (Å²) in [4.78, 5) is 0.170. The fourth-order valence-electron chi connectivity index (χ4n) is 1.23. The highest BCUT2D eigenvalue weighted by Crippen LogP contribution is 2.16. The third-order valence-corrected chi connectivity index (χ3v) is 3.63. The quantitative estimate of drug-likeness (QED) is 0.837. The van der Waals surface area contributed by atoms with Crippen molar-refractivity contribution in [2.24, 2.45) is 0 Å². The standard InChI is InChI=1S/C10H12N2O2S/c1-3-12-15(13,14)10-6-9(7-11)5-4-8(10)2/h4-6,12H,3H2,1-2H3. The minimum Gasteiger partial charge on any atom is -0.211 e. The third kappa shape index (κ3) is 2.55. The van der Waals surface area contributed by atoms with Crippen molar-refractivity contribution in [3.05, 3.63) is 29.3 Å². The molecule has 0 amide bonds. The molecule has 0 saturated heterocycles. The zero-order valence-corrected chi connectivity index (χ0v) is 9.43. The van der Waals surface area contributed by atoms with E-state index < -0.39 is 10.0 Å². The molecule has 0 radical (unpaired) electrons. The number of nitrogens with one attached hydrogen (secondary N) is 1. The van der Waals surface area contributed by atoms with Gasteiger partial charge in [-0.25, -0.2) is 13.1 Å². The topological polar surface area (TPSA) is 70.0 Å². The van der Waals surface area contributed by atoms with E-state index in [9.17, 15) is 8.42 Å². The summed E-state index contributed by atoms with van der Waals surface area (Å²) in [5.74, 6) is 0. The van der Waals surface area contributed by atoms with Crippen LogP contribution in [0.15, 0.2) is 23.1 Å². The molecule has 0 bridgehead atoms. The van der Waals surface area contributed by atoms with E-state index in [1.54, 1.807) is 26.0 Å². The van der Waals surface area contributed by atoms with Crippen molar-refractivity contribution in [1.29, 1.82) is 5.26 Å². The predicted molar refractivity (Wildman–Crippen MR) is 56.8 cm³/mol. The molecule has 0 saturated carbocycles. The van der Waals surface area contributed by atoms with Gasteiger partial charge in [-0.05, 0) is 24.6 Å². The van der Waals surface area contributed by atoms with E-state index >= 15 is 0 Å². The molecule has 80 valence electrons. The highest BCUT2D eigenvalue weighted by atomic mass is 32.2. The van der Waals surface area contributed by atoms with Gasteiger partial charge in [-0.15, -0.1) is 0 Å². The molecular formula is C10H12N2O2S. The monoisotopic (exact) mass is 224 g/mol. The van der Waals surface area contributed by atoms with Crippen LogP contribution < -0.4 is 4.72 Å². The summed E-state index contributed by atoms with van der Waals surface area (Å²) in [7, 11) is -3.47. The first kappa shape index (κ1) is 11.7. The molecule has 4 nitrogen and oxygen atoms in total. The van der Waals surface area contributed by atoms with Crippen molar-refractivity contribution in [2.75, 3.05) is 6.54 Å². The Bertz CT molecular complexity index is 501. The summed E-state index contributed by atoms with van der Waals surface area (Å²) in [5, 5.41) is 8.68. The SMILES string of the molecule is CCNS(=O)(=O)c1cc(C#N)ccc1C. The van der Waals surface area contributed by atoms with Crippen molar-refractivity contribution >= 4 is 10.0 Å². The third-order valence-electron chi connectivity index (χ3n) is 1.94. The van der Waals surface area contributed by atoms with Gasteiger partial charge in [0.1, 0.15) is 0 Å². The second-order valence-corrected chi connectivity index (χ2v) is 4.83. The summed E-state index contributed by atoms with van der Waals surface area (Å²) >= 11 is 0. The van der Waals surface area contributed by atoms with Crippen LogP contribution in [0.5, 0.6) is 0 Å². The van der Waals surface area contributed by atoms with Crippen molar-refractivity contribution in [1.82, 2.24) is 4.72 Å². The summed E-state index contributed by atoms with van der Waals surface area (Å²) < 4.78 is 25.8. The van der Waals surface area contributed by atoms with Crippen LogP contribution in [0, 0.1) is 18.3 Å². The smallest absolute Gasteiger partial charge is 0.211 e. The first-order chi connectivity index (χ1) is 7.01. The Balaban J connectivity index is 3.31. The maximum absolute atomic E-state index is 11.7. The summed E-state index contributed by atoms with van der Waals surface area (Å²) in [5.41, 5.74) is 0.979. The lowest BCUT2D eigenvalue weighted by Crippen LogP contribution is -2.24. The highest BCUT2D eigenvalue weighted by Gasteiger charge is 2.15.